The largest absolute Gasteiger partial charge is 0.322 e. The van der Waals surface area contributed by atoms with Crippen LogP contribution in [0.3, 0.4) is 0 Å². The standard InChI is InChI=1S/C14H16BrN3/c1-8-4-5-11(15)7-12(8)13-6-9(2)17-14(18-13)10(3)16/h4-7,10H,16H2,1-3H3. The van der Waals surface area contributed by atoms with Gasteiger partial charge in [-0.1, -0.05) is 22.0 Å². The maximum Gasteiger partial charge on any atom is 0.145 e. The van der Waals surface area contributed by atoms with Crippen LogP contribution in [0.5, 0.6) is 0 Å². The minimum atomic E-state index is -0.156. The summed E-state index contributed by atoms with van der Waals surface area (Å²) in [7, 11) is 0. The fraction of sp³-hybridized carbons (Fsp3) is 0.286. The maximum atomic E-state index is 5.86. The van der Waals surface area contributed by atoms with E-state index in [2.05, 4.69) is 45.0 Å². The number of nitrogens with zero attached hydrogens (tertiary/aromatic N) is 2. The van der Waals surface area contributed by atoms with E-state index in [0.29, 0.717) is 5.82 Å². The van der Waals surface area contributed by atoms with Gasteiger partial charge < -0.3 is 5.73 Å². The van der Waals surface area contributed by atoms with E-state index >= 15 is 0 Å². The number of hydrogen-bond acceptors (Lipinski definition) is 3. The predicted octanol–water partition coefficient (Wildman–Crippen LogP) is 3.54. The summed E-state index contributed by atoms with van der Waals surface area (Å²) in [6.07, 6.45) is 0. The summed E-state index contributed by atoms with van der Waals surface area (Å²) >= 11 is 3.49. The summed E-state index contributed by atoms with van der Waals surface area (Å²) in [6.45, 7) is 5.93. The highest BCUT2D eigenvalue weighted by atomic mass is 79.9. The Labute approximate surface area is 116 Å². The summed E-state index contributed by atoms with van der Waals surface area (Å²) in [5, 5.41) is 0. The quantitative estimate of drug-likeness (QED) is 0.923. The number of hydrogen-bond donors (Lipinski definition) is 1. The van der Waals surface area contributed by atoms with Gasteiger partial charge in [-0.25, -0.2) is 9.97 Å². The molecule has 0 aliphatic rings. The van der Waals surface area contributed by atoms with Crippen LogP contribution in [0.15, 0.2) is 28.7 Å². The lowest BCUT2D eigenvalue weighted by Gasteiger charge is -2.10. The average molecular weight is 306 g/mol. The molecule has 0 aliphatic carbocycles. The van der Waals surface area contributed by atoms with Crippen LogP contribution in [-0.4, -0.2) is 9.97 Å². The van der Waals surface area contributed by atoms with Crippen molar-refractivity contribution in [3.63, 3.8) is 0 Å². The molecule has 0 amide bonds. The van der Waals surface area contributed by atoms with Crippen LogP contribution in [0.25, 0.3) is 11.3 Å². The van der Waals surface area contributed by atoms with Crippen LogP contribution in [0, 0.1) is 13.8 Å². The van der Waals surface area contributed by atoms with Crippen LogP contribution >= 0.6 is 15.9 Å². The fourth-order valence-electron chi connectivity index (χ4n) is 1.80. The molecule has 0 bridgehead atoms. The molecular weight excluding hydrogens is 290 g/mol. The Bertz CT molecular complexity index is 579. The topological polar surface area (TPSA) is 51.8 Å². The van der Waals surface area contributed by atoms with Crippen molar-refractivity contribution in [2.45, 2.75) is 26.8 Å². The lowest BCUT2D eigenvalue weighted by Crippen LogP contribution is -2.11. The number of aromatic nitrogens is 2. The molecule has 1 aromatic carbocycles. The zero-order valence-electron chi connectivity index (χ0n) is 10.7. The molecule has 1 heterocycles. The lowest BCUT2D eigenvalue weighted by atomic mass is 10.0. The zero-order chi connectivity index (χ0) is 13.3. The summed E-state index contributed by atoms with van der Waals surface area (Å²) in [5.41, 5.74) is 10.0. The Morgan fingerprint density at radius 2 is 1.89 bits per heavy atom. The molecule has 0 saturated heterocycles. The molecule has 1 unspecified atom stereocenters. The molecule has 2 N–H and O–H groups in total. The summed E-state index contributed by atoms with van der Waals surface area (Å²) in [6, 6.07) is 8.00. The van der Waals surface area contributed by atoms with Gasteiger partial charge in [0, 0.05) is 15.7 Å². The van der Waals surface area contributed by atoms with Crippen LogP contribution < -0.4 is 5.73 Å². The Kier molecular flexibility index (Phi) is 3.78. The summed E-state index contributed by atoms with van der Waals surface area (Å²) in [5.74, 6) is 0.685. The minimum Gasteiger partial charge on any atom is -0.322 e. The van der Waals surface area contributed by atoms with Crippen LogP contribution in [0.1, 0.15) is 30.0 Å². The van der Waals surface area contributed by atoms with Crippen molar-refractivity contribution in [3.8, 4) is 11.3 Å². The maximum absolute atomic E-state index is 5.86. The third-order valence-electron chi connectivity index (χ3n) is 2.75. The highest BCUT2D eigenvalue weighted by molar-refractivity contribution is 9.10. The Balaban J connectivity index is 2.60. The molecule has 4 heteroatoms. The van der Waals surface area contributed by atoms with Gasteiger partial charge in [0.25, 0.3) is 0 Å². The van der Waals surface area contributed by atoms with Crippen LogP contribution in [0.4, 0.5) is 0 Å². The van der Waals surface area contributed by atoms with Crippen LogP contribution in [-0.2, 0) is 0 Å². The third-order valence-corrected chi connectivity index (χ3v) is 3.25. The molecule has 2 rings (SSSR count). The van der Waals surface area contributed by atoms with Crippen molar-refractivity contribution in [2.24, 2.45) is 5.73 Å². The molecule has 3 nitrogen and oxygen atoms in total. The van der Waals surface area contributed by atoms with E-state index in [-0.39, 0.29) is 6.04 Å². The first-order valence-corrected chi connectivity index (χ1v) is 6.64. The van der Waals surface area contributed by atoms with Gasteiger partial charge in [0.15, 0.2) is 0 Å². The van der Waals surface area contributed by atoms with Crippen LogP contribution in [0.2, 0.25) is 0 Å². The first-order chi connectivity index (χ1) is 8.47. The van der Waals surface area contributed by atoms with Gasteiger partial charge >= 0.3 is 0 Å². The highest BCUT2D eigenvalue weighted by Gasteiger charge is 2.10. The zero-order valence-corrected chi connectivity index (χ0v) is 12.3. The second kappa shape index (κ2) is 5.16. The second-order valence-corrected chi connectivity index (χ2v) is 5.42. The van der Waals surface area contributed by atoms with Crippen molar-refractivity contribution < 1.29 is 0 Å². The minimum absolute atomic E-state index is 0.156. The van der Waals surface area contributed by atoms with Crippen molar-refractivity contribution in [3.05, 3.63) is 45.8 Å². The van der Waals surface area contributed by atoms with E-state index in [4.69, 9.17) is 5.73 Å². The number of benzene rings is 1. The van der Waals surface area contributed by atoms with E-state index in [1.165, 1.54) is 5.56 Å². The second-order valence-electron chi connectivity index (χ2n) is 4.50. The smallest absolute Gasteiger partial charge is 0.145 e. The van der Waals surface area contributed by atoms with Gasteiger partial charge in [0.05, 0.1) is 11.7 Å². The molecular formula is C14H16BrN3. The van der Waals surface area contributed by atoms with E-state index in [0.717, 1.165) is 21.4 Å². The van der Waals surface area contributed by atoms with Gasteiger partial charge in [0.1, 0.15) is 5.82 Å². The van der Waals surface area contributed by atoms with Gasteiger partial charge in [-0.2, -0.15) is 0 Å². The fourth-order valence-corrected chi connectivity index (χ4v) is 2.16. The molecule has 0 radical (unpaired) electrons. The average Bonchev–Trinajstić information content (AvgIpc) is 2.31. The molecule has 1 aromatic heterocycles. The summed E-state index contributed by atoms with van der Waals surface area (Å²) in [4.78, 5) is 8.91. The highest BCUT2D eigenvalue weighted by Crippen LogP contribution is 2.26. The van der Waals surface area contributed by atoms with E-state index in [9.17, 15) is 0 Å². The van der Waals surface area contributed by atoms with Gasteiger partial charge in [-0.05, 0) is 44.5 Å². The molecule has 0 saturated carbocycles. The molecule has 1 atom stereocenters. The Hall–Kier alpha value is -1.26. The van der Waals surface area contributed by atoms with Crippen molar-refractivity contribution in [2.75, 3.05) is 0 Å². The van der Waals surface area contributed by atoms with Crippen molar-refractivity contribution in [1.82, 2.24) is 9.97 Å². The first kappa shape index (κ1) is 13.2. The Morgan fingerprint density at radius 1 is 1.17 bits per heavy atom. The first-order valence-electron chi connectivity index (χ1n) is 5.85. The number of aryl methyl sites for hydroxylation is 2. The monoisotopic (exact) mass is 305 g/mol. The third kappa shape index (κ3) is 2.76. The number of rotatable bonds is 2. The SMILES string of the molecule is Cc1cc(-c2cc(Br)ccc2C)nc(C(C)N)n1. The van der Waals surface area contributed by atoms with Gasteiger partial charge in [-0.15, -0.1) is 0 Å². The molecule has 0 aliphatic heterocycles. The van der Waals surface area contributed by atoms with E-state index < -0.39 is 0 Å². The van der Waals surface area contributed by atoms with Gasteiger partial charge in [0.2, 0.25) is 0 Å². The van der Waals surface area contributed by atoms with Crippen molar-refractivity contribution in [1.29, 1.82) is 0 Å². The number of halogens is 1. The van der Waals surface area contributed by atoms with Crippen molar-refractivity contribution >= 4 is 15.9 Å². The normalized spacial score (nSPS) is 12.5. The molecule has 18 heavy (non-hydrogen) atoms. The molecule has 0 spiro atoms. The van der Waals surface area contributed by atoms with E-state index in [1.807, 2.05) is 26.0 Å². The van der Waals surface area contributed by atoms with Gasteiger partial charge in [-0.3, -0.25) is 0 Å². The summed E-state index contributed by atoms with van der Waals surface area (Å²) < 4.78 is 1.04. The predicted molar refractivity (Wildman–Crippen MR) is 77.2 cm³/mol. The molecule has 2 aromatic rings. The molecule has 0 fully saturated rings. The van der Waals surface area contributed by atoms with E-state index in [1.54, 1.807) is 0 Å². The molecule has 94 valence electrons. The Morgan fingerprint density at radius 3 is 2.56 bits per heavy atom. The lowest BCUT2D eigenvalue weighted by molar-refractivity contribution is 0.734. The number of nitrogens with two attached hydrogens (primary N) is 1.